The zero-order valence-corrected chi connectivity index (χ0v) is 19.7. The molecule has 1 aliphatic heterocycles. The topological polar surface area (TPSA) is 82.0 Å². The van der Waals surface area contributed by atoms with Gasteiger partial charge in [0.2, 0.25) is 0 Å². The van der Waals surface area contributed by atoms with E-state index in [1.165, 1.54) is 10.4 Å². The van der Waals surface area contributed by atoms with Gasteiger partial charge in [-0.3, -0.25) is 9.56 Å². The van der Waals surface area contributed by atoms with Crippen LogP contribution in [0.4, 0.5) is 0 Å². The summed E-state index contributed by atoms with van der Waals surface area (Å²) in [5.74, 6) is 7.74. The van der Waals surface area contributed by atoms with Gasteiger partial charge in [-0.15, -0.1) is 32.9 Å². The molecular weight excluding hydrogens is 436 g/mol. The van der Waals surface area contributed by atoms with Crippen molar-refractivity contribution in [3.05, 3.63) is 79.6 Å². The molecule has 0 bridgehead atoms. The number of aromatic nitrogens is 4. The summed E-state index contributed by atoms with van der Waals surface area (Å²) in [5, 5.41) is 13.1. The Morgan fingerprint density at radius 3 is 2.66 bits per heavy atom. The van der Waals surface area contributed by atoms with Crippen LogP contribution in [0.25, 0.3) is 5.00 Å². The molecule has 2 N–H and O–H groups in total. The van der Waals surface area contributed by atoms with E-state index in [0.29, 0.717) is 13.0 Å². The fourth-order valence-electron chi connectivity index (χ4n) is 3.91. The van der Waals surface area contributed by atoms with Gasteiger partial charge in [0, 0.05) is 39.6 Å². The lowest BCUT2D eigenvalue weighted by Crippen LogP contribution is -2.09. The maximum Gasteiger partial charge on any atom is 0.163 e. The van der Waals surface area contributed by atoms with Crippen molar-refractivity contribution in [2.24, 2.45) is 10.7 Å². The molecule has 0 radical (unpaired) electrons. The highest BCUT2D eigenvalue weighted by Crippen LogP contribution is 2.39. The highest BCUT2D eigenvalue weighted by atomic mass is 32.1. The van der Waals surface area contributed by atoms with Crippen molar-refractivity contribution in [1.82, 2.24) is 19.7 Å². The first kappa shape index (κ1) is 20.8. The van der Waals surface area contributed by atoms with Crippen LogP contribution in [0.15, 0.2) is 40.8 Å². The van der Waals surface area contributed by atoms with Crippen molar-refractivity contribution in [3.8, 4) is 16.8 Å². The molecule has 0 spiro atoms. The van der Waals surface area contributed by atoms with Crippen molar-refractivity contribution in [1.29, 1.82) is 0 Å². The predicted molar refractivity (Wildman–Crippen MR) is 130 cm³/mol. The zero-order chi connectivity index (χ0) is 22.2. The second kappa shape index (κ2) is 8.43. The number of hydrogen-bond donors (Lipinski definition) is 1. The normalized spacial score (nSPS) is 14.8. The first-order valence-corrected chi connectivity index (χ1v) is 12.0. The summed E-state index contributed by atoms with van der Waals surface area (Å²) < 4.78 is 2.18. The standard InChI is InChI=1S/C24H22N6S2/c1-14-15(2)32-24-21(14)22(18-8-6-17(7-9-18)5-4-10-25)27-19(13-20-26-11-12-31-20)23-29-28-16(3)30(23)24/h6-9,11-12,19H,10,13,25H2,1-3H3/t19-/m0/s1. The Bertz CT molecular complexity index is 1360. The summed E-state index contributed by atoms with van der Waals surface area (Å²) in [7, 11) is 0. The van der Waals surface area contributed by atoms with E-state index in [0.717, 1.165) is 44.1 Å². The van der Waals surface area contributed by atoms with Crippen LogP contribution in [-0.2, 0) is 6.42 Å². The van der Waals surface area contributed by atoms with E-state index in [-0.39, 0.29) is 6.04 Å². The second-order valence-corrected chi connectivity index (χ2v) is 9.79. The van der Waals surface area contributed by atoms with E-state index in [1.807, 2.05) is 30.6 Å². The number of thiazole rings is 1. The third kappa shape index (κ3) is 3.58. The number of hydrogen-bond acceptors (Lipinski definition) is 7. The van der Waals surface area contributed by atoms with E-state index in [2.05, 4.69) is 57.6 Å². The van der Waals surface area contributed by atoms with Crippen molar-refractivity contribution in [2.45, 2.75) is 33.2 Å². The van der Waals surface area contributed by atoms with Gasteiger partial charge in [0.15, 0.2) is 5.82 Å². The molecule has 1 atom stereocenters. The lowest BCUT2D eigenvalue weighted by Gasteiger charge is -2.11. The monoisotopic (exact) mass is 458 g/mol. The molecule has 0 unspecified atom stereocenters. The molecule has 0 fully saturated rings. The second-order valence-electron chi connectivity index (χ2n) is 7.61. The third-order valence-electron chi connectivity index (χ3n) is 5.58. The van der Waals surface area contributed by atoms with Gasteiger partial charge in [-0.05, 0) is 38.5 Å². The summed E-state index contributed by atoms with van der Waals surface area (Å²) in [6.07, 6.45) is 2.52. The number of aliphatic imine (C=N–C) groups is 1. The average molecular weight is 459 g/mol. The van der Waals surface area contributed by atoms with Crippen molar-refractivity contribution in [3.63, 3.8) is 0 Å². The lowest BCUT2D eigenvalue weighted by atomic mass is 9.98. The van der Waals surface area contributed by atoms with E-state index in [9.17, 15) is 0 Å². The molecule has 4 heterocycles. The van der Waals surface area contributed by atoms with Crippen molar-refractivity contribution >= 4 is 28.4 Å². The fourth-order valence-corrected chi connectivity index (χ4v) is 5.78. The van der Waals surface area contributed by atoms with Gasteiger partial charge < -0.3 is 5.73 Å². The molecule has 0 saturated carbocycles. The number of fused-ring (bicyclic) bond motifs is 3. The Labute approximate surface area is 194 Å². The maximum absolute atomic E-state index is 5.52. The summed E-state index contributed by atoms with van der Waals surface area (Å²) in [5.41, 5.74) is 10.9. The van der Waals surface area contributed by atoms with Gasteiger partial charge in [-0.1, -0.05) is 24.0 Å². The SMILES string of the molecule is Cc1sc2c(c1C)C(c1ccc(C#CCN)cc1)=N[C@@H](Cc1nccs1)c1nnc(C)n1-2. The Morgan fingerprint density at radius 2 is 1.94 bits per heavy atom. The van der Waals surface area contributed by atoms with Crippen LogP contribution in [0.3, 0.4) is 0 Å². The molecule has 0 saturated heterocycles. The molecular formula is C24H22N6S2. The maximum atomic E-state index is 5.52. The Kier molecular flexibility index (Phi) is 5.47. The van der Waals surface area contributed by atoms with Crippen LogP contribution in [0.5, 0.6) is 0 Å². The molecule has 160 valence electrons. The number of benzene rings is 1. The molecule has 6 nitrogen and oxygen atoms in total. The molecule has 0 aliphatic carbocycles. The molecule has 8 heteroatoms. The van der Waals surface area contributed by atoms with Crippen LogP contribution in [0, 0.1) is 32.6 Å². The zero-order valence-electron chi connectivity index (χ0n) is 18.1. The van der Waals surface area contributed by atoms with Gasteiger partial charge >= 0.3 is 0 Å². The van der Waals surface area contributed by atoms with Crippen molar-refractivity contribution in [2.75, 3.05) is 6.54 Å². The summed E-state index contributed by atoms with van der Waals surface area (Å²) in [4.78, 5) is 11.1. The third-order valence-corrected chi connectivity index (χ3v) is 7.58. The number of nitrogens with zero attached hydrogens (tertiary/aromatic N) is 5. The van der Waals surface area contributed by atoms with Gasteiger partial charge in [0.1, 0.15) is 16.9 Å². The van der Waals surface area contributed by atoms with E-state index >= 15 is 0 Å². The Morgan fingerprint density at radius 1 is 1.12 bits per heavy atom. The minimum Gasteiger partial charge on any atom is -0.320 e. The highest BCUT2D eigenvalue weighted by Gasteiger charge is 2.31. The first-order chi connectivity index (χ1) is 15.6. The van der Waals surface area contributed by atoms with E-state index in [4.69, 9.17) is 10.7 Å². The molecule has 0 amide bonds. The molecule has 5 rings (SSSR count). The molecule has 4 aromatic rings. The first-order valence-electron chi connectivity index (χ1n) is 10.3. The summed E-state index contributed by atoms with van der Waals surface area (Å²) in [6, 6.07) is 8.07. The van der Waals surface area contributed by atoms with Crippen LogP contribution in [0.2, 0.25) is 0 Å². The van der Waals surface area contributed by atoms with E-state index in [1.54, 1.807) is 22.7 Å². The highest BCUT2D eigenvalue weighted by molar-refractivity contribution is 7.15. The minimum absolute atomic E-state index is 0.173. The number of thiophene rings is 1. The molecule has 1 aromatic carbocycles. The smallest absolute Gasteiger partial charge is 0.163 e. The Balaban J connectivity index is 1.71. The van der Waals surface area contributed by atoms with E-state index < -0.39 is 0 Å². The number of aryl methyl sites for hydroxylation is 2. The lowest BCUT2D eigenvalue weighted by molar-refractivity contribution is 0.655. The molecule has 1 aliphatic rings. The van der Waals surface area contributed by atoms with Crippen LogP contribution < -0.4 is 5.73 Å². The summed E-state index contributed by atoms with van der Waals surface area (Å²) in [6.45, 7) is 6.68. The van der Waals surface area contributed by atoms with Gasteiger partial charge in [-0.25, -0.2) is 4.98 Å². The largest absolute Gasteiger partial charge is 0.320 e. The average Bonchev–Trinajstić information content (AvgIpc) is 3.49. The van der Waals surface area contributed by atoms with Gasteiger partial charge in [0.25, 0.3) is 0 Å². The number of rotatable bonds is 3. The van der Waals surface area contributed by atoms with Crippen LogP contribution in [0.1, 0.15) is 49.8 Å². The number of nitrogens with two attached hydrogens (primary N) is 1. The minimum atomic E-state index is -0.173. The van der Waals surface area contributed by atoms with Crippen LogP contribution in [-0.4, -0.2) is 32.0 Å². The quantitative estimate of drug-likeness (QED) is 0.468. The summed E-state index contributed by atoms with van der Waals surface area (Å²) >= 11 is 3.41. The van der Waals surface area contributed by atoms with Crippen LogP contribution >= 0.6 is 22.7 Å². The van der Waals surface area contributed by atoms with Gasteiger partial charge in [-0.2, -0.15) is 0 Å². The Hall–Kier alpha value is -3.12. The fraction of sp³-hybridized carbons (Fsp3) is 0.250. The molecule has 32 heavy (non-hydrogen) atoms. The van der Waals surface area contributed by atoms with Crippen molar-refractivity contribution < 1.29 is 0 Å². The van der Waals surface area contributed by atoms with Gasteiger partial charge in [0.05, 0.1) is 17.3 Å². The molecule has 3 aromatic heterocycles. The predicted octanol–water partition coefficient (Wildman–Crippen LogP) is 4.16.